The number of rotatable bonds is 5. The quantitative estimate of drug-likeness (QED) is 0.896. The van der Waals surface area contributed by atoms with Crippen molar-refractivity contribution in [3.63, 3.8) is 0 Å². The highest BCUT2D eigenvalue weighted by Gasteiger charge is 2.20. The van der Waals surface area contributed by atoms with Gasteiger partial charge in [0, 0.05) is 29.3 Å². The van der Waals surface area contributed by atoms with Crippen molar-refractivity contribution >= 4 is 21.6 Å². The first-order valence-corrected chi connectivity index (χ1v) is 7.62. The van der Waals surface area contributed by atoms with E-state index >= 15 is 0 Å². The fraction of sp³-hybridized carbons (Fsp3) is 0.600. The summed E-state index contributed by atoms with van der Waals surface area (Å²) in [5, 5.41) is 3.60. The Labute approximate surface area is 119 Å². The van der Waals surface area contributed by atoms with E-state index in [-0.39, 0.29) is 0 Å². The van der Waals surface area contributed by atoms with Crippen molar-refractivity contribution in [3.8, 4) is 0 Å². The lowest BCUT2D eigenvalue weighted by atomic mass is 10.2. The molecule has 1 aliphatic heterocycles. The smallest absolute Gasteiger partial charge is 0.0411 e. The largest absolute Gasteiger partial charge is 0.369 e. The van der Waals surface area contributed by atoms with E-state index in [9.17, 15) is 0 Å². The molecule has 1 aromatic rings. The maximum absolute atomic E-state index is 3.60. The topological polar surface area (TPSA) is 15.3 Å². The Hall–Kier alpha value is -0.540. The van der Waals surface area contributed by atoms with Crippen LogP contribution in [0.5, 0.6) is 0 Å². The number of benzene rings is 1. The van der Waals surface area contributed by atoms with E-state index in [2.05, 4.69) is 65.1 Å². The Kier molecular flexibility index (Phi) is 4.68. The van der Waals surface area contributed by atoms with Crippen LogP contribution in [0.2, 0.25) is 0 Å². The van der Waals surface area contributed by atoms with Crippen molar-refractivity contribution in [1.82, 2.24) is 5.32 Å². The predicted octanol–water partition coefficient (Wildman–Crippen LogP) is 3.45. The Morgan fingerprint density at radius 3 is 2.83 bits per heavy atom. The van der Waals surface area contributed by atoms with Gasteiger partial charge in [-0.25, -0.2) is 0 Å². The highest BCUT2D eigenvalue weighted by Crippen LogP contribution is 2.30. The molecule has 3 heteroatoms. The standard InChI is InChI=1S/C15H23BrN2/c1-11(2)9-17-12(3)10-18-7-6-13-4-5-14(16)8-15(13)18/h4-5,8,11-12,17H,6-7,9-10H2,1-3H3/t12-/m0/s1. The average molecular weight is 311 g/mol. The SMILES string of the molecule is CC(C)CN[C@@H](C)CN1CCc2ccc(Br)cc21. The first-order valence-electron chi connectivity index (χ1n) is 6.83. The molecule has 0 aliphatic carbocycles. The Morgan fingerprint density at radius 2 is 2.11 bits per heavy atom. The van der Waals surface area contributed by atoms with Crippen LogP contribution in [0.3, 0.4) is 0 Å². The lowest BCUT2D eigenvalue weighted by Crippen LogP contribution is -2.40. The minimum atomic E-state index is 0.539. The first-order chi connectivity index (χ1) is 8.56. The molecular formula is C15H23BrN2. The Morgan fingerprint density at radius 1 is 1.33 bits per heavy atom. The molecule has 0 saturated carbocycles. The van der Waals surface area contributed by atoms with Gasteiger partial charge in [0.25, 0.3) is 0 Å². The van der Waals surface area contributed by atoms with Crippen molar-refractivity contribution in [3.05, 3.63) is 28.2 Å². The number of nitrogens with one attached hydrogen (secondary N) is 1. The van der Waals surface area contributed by atoms with Gasteiger partial charge in [-0.1, -0.05) is 35.8 Å². The molecule has 0 aromatic heterocycles. The number of nitrogens with zero attached hydrogens (tertiary/aromatic N) is 1. The van der Waals surface area contributed by atoms with Crippen LogP contribution < -0.4 is 10.2 Å². The summed E-state index contributed by atoms with van der Waals surface area (Å²) in [5.41, 5.74) is 2.89. The summed E-state index contributed by atoms with van der Waals surface area (Å²) in [7, 11) is 0. The van der Waals surface area contributed by atoms with Crippen molar-refractivity contribution in [2.75, 3.05) is 24.5 Å². The molecule has 0 radical (unpaired) electrons. The second kappa shape index (κ2) is 6.07. The minimum Gasteiger partial charge on any atom is -0.369 e. The fourth-order valence-corrected chi connectivity index (χ4v) is 2.79. The van der Waals surface area contributed by atoms with Crippen LogP contribution in [0, 0.1) is 5.92 Å². The van der Waals surface area contributed by atoms with Crippen molar-refractivity contribution in [2.45, 2.75) is 33.2 Å². The molecule has 1 N–H and O–H groups in total. The van der Waals surface area contributed by atoms with Gasteiger partial charge in [0.2, 0.25) is 0 Å². The Balaban J connectivity index is 1.94. The number of fused-ring (bicyclic) bond motifs is 1. The van der Waals surface area contributed by atoms with Gasteiger partial charge >= 0.3 is 0 Å². The molecule has 0 unspecified atom stereocenters. The molecule has 18 heavy (non-hydrogen) atoms. The highest BCUT2D eigenvalue weighted by molar-refractivity contribution is 9.10. The van der Waals surface area contributed by atoms with Crippen LogP contribution in [0.1, 0.15) is 26.3 Å². The van der Waals surface area contributed by atoms with Gasteiger partial charge in [0.15, 0.2) is 0 Å². The fourth-order valence-electron chi connectivity index (χ4n) is 2.44. The minimum absolute atomic E-state index is 0.539. The third-order valence-corrected chi connectivity index (χ3v) is 3.90. The summed E-state index contributed by atoms with van der Waals surface area (Å²) in [6.45, 7) is 10.1. The molecule has 2 rings (SSSR count). The number of halogens is 1. The Bertz CT molecular complexity index is 403. The van der Waals surface area contributed by atoms with E-state index in [1.165, 1.54) is 22.1 Å². The van der Waals surface area contributed by atoms with Gasteiger partial charge in [-0.3, -0.25) is 0 Å². The van der Waals surface area contributed by atoms with E-state index < -0.39 is 0 Å². The summed E-state index contributed by atoms with van der Waals surface area (Å²) in [4.78, 5) is 2.50. The maximum Gasteiger partial charge on any atom is 0.0411 e. The molecule has 0 fully saturated rings. The predicted molar refractivity (Wildman–Crippen MR) is 82.4 cm³/mol. The lowest BCUT2D eigenvalue weighted by Gasteiger charge is -2.25. The van der Waals surface area contributed by atoms with E-state index in [0.29, 0.717) is 12.0 Å². The zero-order chi connectivity index (χ0) is 13.1. The van der Waals surface area contributed by atoms with Gasteiger partial charge < -0.3 is 10.2 Å². The zero-order valence-electron chi connectivity index (χ0n) is 11.5. The molecule has 0 bridgehead atoms. The lowest BCUT2D eigenvalue weighted by molar-refractivity contribution is 0.481. The third-order valence-electron chi connectivity index (χ3n) is 3.41. The monoisotopic (exact) mass is 310 g/mol. The number of hydrogen-bond acceptors (Lipinski definition) is 2. The van der Waals surface area contributed by atoms with Crippen LogP contribution in [0.4, 0.5) is 5.69 Å². The summed E-state index contributed by atoms with van der Waals surface area (Å²) < 4.78 is 1.18. The summed E-state index contributed by atoms with van der Waals surface area (Å²) in [6.07, 6.45) is 1.18. The number of anilines is 1. The molecule has 1 aliphatic rings. The van der Waals surface area contributed by atoms with E-state index in [1.54, 1.807) is 0 Å². The molecule has 1 aromatic carbocycles. The molecule has 1 heterocycles. The third kappa shape index (κ3) is 3.48. The second-order valence-corrected chi connectivity index (χ2v) is 6.59. The van der Waals surface area contributed by atoms with Crippen LogP contribution in [0.15, 0.2) is 22.7 Å². The summed E-state index contributed by atoms with van der Waals surface area (Å²) in [6, 6.07) is 7.17. The molecular weight excluding hydrogens is 288 g/mol. The zero-order valence-corrected chi connectivity index (χ0v) is 13.1. The molecule has 100 valence electrons. The summed E-state index contributed by atoms with van der Waals surface area (Å²) >= 11 is 3.57. The van der Waals surface area contributed by atoms with Crippen molar-refractivity contribution in [1.29, 1.82) is 0 Å². The van der Waals surface area contributed by atoms with Crippen LogP contribution in [0.25, 0.3) is 0 Å². The van der Waals surface area contributed by atoms with Crippen molar-refractivity contribution < 1.29 is 0 Å². The van der Waals surface area contributed by atoms with E-state index in [1.807, 2.05) is 0 Å². The highest BCUT2D eigenvalue weighted by atomic mass is 79.9. The first kappa shape index (κ1) is 13.9. The maximum atomic E-state index is 3.60. The van der Waals surface area contributed by atoms with Crippen molar-refractivity contribution in [2.24, 2.45) is 5.92 Å². The average Bonchev–Trinajstić information content (AvgIpc) is 2.69. The number of hydrogen-bond donors (Lipinski definition) is 1. The van der Waals surface area contributed by atoms with Gasteiger partial charge in [0.05, 0.1) is 0 Å². The van der Waals surface area contributed by atoms with E-state index in [4.69, 9.17) is 0 Å². The van der Waals surface area contributed by atoms with Gasteiger partial charge in [0.1, 0.15) is 0 Å². The van der Waals surface area contributed by atoms with Crippen LogP contribution >= 0.6 is 15.9 Å². The molecule has 0 amide bonds. The van der Waals surface area contributed by atoms with Crippen LogP contribution in [-0.4, -0.2) is 25.7 Å². The van der Waals surface area contributed by atoms with Crippen LogP contribution in [-0.2, 0) is 6.42 Å². The molecule has 2 nitrogen and oxygen atoms in total. The van der Waals surface area contributed by atoms with Gasteiger partial charge in [-0.2, -0.15) is 0 Å². The molecule has 0 saturated heterocycles. The van der Waals surface area contributed by atoms with E-state index in [0.717, 1.165) is 19.6 Å². The molecule has 0 spiro atoms. The summed E-state index contributed by atoms with van der Waals surface area (Å²) in [5.74, 6) is 0.715. The van der Waals surface area contributed by atoms with Gasteiger partial charge in [-0.15, -0.1) is 0 Å². The normalized spacial score (nSPS) is 16.2. The second-order valence-electron chi connectivity index (χ2n) is 5.67. The van der Waals surface area contributed by atoms with Gasteiger partial charge in [-0.05, 0) is 43.5 Å². The molecule has 1 atom stereocenters.